The minimum atomic E-state index is -0.292. The molecule has 0 spiro atoms. The smallest absolute Gasteiger partial charge is 0.336 e. The molecule has 1 aromatic rings. The van der Waals surface area contributed by atoms with Crippen molar-refractivity contribution in [1.82, 2.24) is 0 Å². The number of hydrogen-bond donors (Lipinski definition) is 0. The Morgan fingerprint density at radius 3 is 2.54 bits per heavy atom. The van der Waals surface area contributed by atoms with Crippen LogP contribution < -0.4 is 0 Å². The van der Waals surface area contributed by atoms with E-state index in [2.05, 4.69) is 32.2 Å². The maximum Gasteiger partial charge on any atom is 0.336 e. The van der Waals surface area contributed by atoms with E-state index in [9.17, 15) is 4.79 Å². The molecule has 1 aliphatic heterocycles. The van der Waals surface area contributed by atoms with Gasteiger partial charge < -0.3 is 23.7 Å². The molecule has 4 atom stereocenters. The van der Waals surface area contributed by atoms with Gasteiger partial charge >= 0.3 is 5.97 Å². The molecule has 2 bridgehead atoms. The lowest BCUT2D eigenvalue weighted by Gasteiger charge is -2.61. The Kier molecular flexibility index (Phi) is 9.22. The molecule has 1 saturated heterocycles. The summed E-state index contributed by atoms with van der Waals surface area (Å²) in [5.74, 6) is 0.384. The first-order valence-corrected chi connectivity index (χ1v) is 13.3. The van der Waals surface area contributed by atoms with E-state index in [0.29, 0.717) is 63.7 Å². The number of methoxy groups -OCH3 is 1. The number of ether oxygens (including phenoxy) is 5. The summed E-state index contributed by atoms with van der Waals surface area (Å²) in [6.07, 6.45) is 7.51. The molecular weight excluding hydrogens is 446 g/mol. The van der Waals surface area contributed by atoms with Crippen molar-refractivity contribution in [2.75, 3.05) is 73.7 Å². The minimum absolute atomic E-state index is 0.0339. The molecular formula is C28H44NO6+. The van der Waals surface area contributed by atoms with Crippen LogP contribution in [-0.2, 0) is 40.3 Å². The van der Waals surface area contributed by atoms with E-state index in [1.807, 2.05) is 0 Å². The molecule has 35 heavy (non-hydrogen) atoms. The predicted octanol–water partition coefficient (Wildman–Crippen LogP) is 3.39. The highest BCUT2D eigenvalue weighted by molar-refractivity contribution is 5.70. The molecule has 7 nitrogen and oxygen atoms in total. The van der Waals surface area contributed by atoms with Gasteiger partial charge in [0.15, 0.2) is 0 Å². The van der Waals surface area contributed by atoms with E-state index >= 15 is 0 Å². The molecule has 2 aliphatic carbocycles. The van der Waals surface area contributed by atoms with Crippen LogP contribution in [0.5, 0.6) is 0 Å². The number of hydrogen-bond acceptors (Lipinski definition) is 6. The first kappa shape index (κ1) is 26.6. The number of esters is 1. The SMILES string of the molecule is COCCOCCOCCOCC(=O)OC[N+]1(C)CC[C@]23CCCC[C@H]2[C@H]1Cc1ccc(C)cc13. The van der Waals surface area contributed by atoms with Crippen molar-refractivity contribution in [3.8, 4) is 0 Å². The zero-order chi connectivity index (χ0) is 24.7. The van der Waals surface area contributed by atoms with E-state index < -0.39 is 0 Å². The third kappa shape index (κ3) is 6.08. The molecule has 0 N–H and O–H groups in total. The van der Waals surface area contributed by atoms with Gasteiger partial charge in [0.25, 0.3) is 0 Å². The fraction of sp³-hybridized carbons (Fsp3) is 0.750. The molecule has 1 aromatic carbocycles. The van der Waals surface area contributed by atoms with Crippen molar-refractivity contribution in [3.05, 3.63) is 34.9 Å². The molecule has 0 radical (unpaired) electrons. The summed E-state index contributed by atoms with van der Waals surface area (Å²) in [6.45, 7) is 6.63. The Balaban J connectivity index is 1.24. The number of nitrogens with zero attached hydrogens (tertiary/aromatic N) is 1. The summed E-state index contributed by atoms with van der Waals surface area (Å²) in [5, 5.41) is 0. The molecule has 1 saturated carbocycles. The molecule has 7 heteroatoms. The Labute approximate surface area is 210 Å². The van der Waals surface area contributed by atoms with Crippen LogP contribution >= 0.6 is 0 Å². The summed E-state index contributed by atoms with van der Waals surface area (Å²) in [7, 11) is 3.94. The fourth-order valence-corrected chi connectivity index (χ4v) is 6.74. The van der Waals surface area contributed by atoms with Crippen molar-refractivity contribution >= 4 is 5.97 Å². The van der Waals surface area contributed by atoms with Crippen LogP contribution in [0.4, 0.5) is 0 Å². The van der Waals surface area contributed by atoms with Gasteiger partial charge in [-0.3, -0.25) is 4.48 Å². The van der Waals surface area contributed by atoms with Crippen LogP contribution in [0.15, 0.2) is 18.2 Å². The molecule has 196 valence electrons. The molecule has 3 aliphatic rings. The van der Waals surface area contributed by atoms with Crippen LogP contribution in [0.3, 0.4) is 0 Å². The second-order valence-corrected chi connectivity index (χ2v) is 10.8. The van der Waals surface area contributed by atoms with Gasteiger partial charge in [-0.25, -0.2) is 4.79 Å². The summed E-state index contributed by atoms with van der Waals surface area (Å²) < 4.78 is 27.8. The second kappa shape index (κ2) is 12.2. The van der Waals surface area contributed by atoms with Gasteiger partial charge in [0.2, 0.25) is 6.73 Å². The average molecular weight is 491 g/mol. The van der Waals surface area contributed by atoms with Crippen LogP contribution in [0.1, 0.15) is 48.8 Å². The number of fused-ring (bicyclic) bond motifs is 1. The summed E-state index contributed by atoms with van der Waals surface area (Å²) in [6, 6.07) is 7.59. The lowest BCUT2D eigenvalue weighted by molar-refractivity contribution is -0.959. The number of rotatable bonds is 13. The van der Waals surface area contributed by atoms with Crippen molar-refractivity contribution in [2.45, 2.75) is 56.9 Å². The van der Waals surface area contributed by atoms with Crippen LogP contribution in [0.2, 0.25) is 0 Å². The van der Waals surface area contributed by atoms with Crippen LogP contribution in [0, 0.1) is 12.8 Å². The van der Waals surface area contributed by atoms with Crippen LogP contribution in [0.25, 0.3) is 0 Å². The molecule has 1 unspecified atom stereocenters. The number of aryl methyl sites for hydroxylation is 1. The standard InChI is InChI=1S/C28H44NO6/c1-22-7-8-23-19-26-24-6-4-5-9-28(24,25(23)18-22)10-11-29(26,2)21-35-27(30)20-34-17-16-33-15-14-32-13-12-31-3/h7-8,18,24,26H,4-6,9-17,19-21H2,1-3H3/q+1/t24-,26+,28+,29?/m0/s1. The van der Waals surface area contributed by atoms with Gasteiger partial charge in [0, 0.05) is 31.3 Å². The summed E-state index contributed by atoms with van der Waals surface area (Å²) in [5.41, 5.74) is 4.83. The van der Waals surface area contributed by atoms with E-state index in [1.165, 1.54) is 43.2 Å². The summed E-state index contributed by atoms with van der Waals surface area (Å²) in [4.78, 5) is 12.4. The zero-order valence-corrected chi connectivity index (χ0v) is 21.9. The molecule has 0 aromatic heterocycles. The Hall–Kier alpha value is -1.51. The van der Waals surface area contributed by atoms with E-state index in [-0.39, 0.29) is 12.6 Å². The van der Waals surface area contributed by atoms with Gasteiger partial charge in [-0.05, 0) is 30.9 Å². The first-order valence-electron chi connectivity index (χ1n) is 13.3. The molecule has 0 amide bonds. The number of benzene rings is 1. The number of carbonyl (C=O) groups excluding carboxylic acids is 1. The van der Waals surface area contributed by atoms with E-state index in [4.69, 9.17) is 23.7 Å². The molecule has 2 fully saturated rings. The third-order valence-electron chi connectivity index (χ3n) is 8.58. The maximum absolute atomic E-state index is 12.4. The van der Waals surface area contributed by atoms with Crippen molar-refractivity contribution in [1.29, 1.82) is 0 Å². The maximum atomic E-state index is 12.4. The lowest BCUT2D eigenvalue weighted by Crippen LogP contribution is -2.69. The minimum Gasteiger partial charge on any atom is -0.413 e. The average Bonchev–Trinajstić information content (AvgIpc) is 2.86. The quantitative estimate of drug-likeness (QED) is 0.240. The van der Waals surface area contributed by atoms with Gasteiger partial charge in [0.05, 0.1) is 59.3 Å². The number of likely N-dealkylation sites (tertiary alicyclic amines) is 1. The van der Waals surface area contributed by atoms with E-state index in [1.54, 1.807) is 12.7 Å². The highest BCUT2D eigenvalue weighted by Crippen LogP contribution is 2.57. The van der Waals surface area contributed by atoms with E-state index in [0.717, 1.165) is 17.4 Å². The fourth-order valence-electron chi connectivity index (χ4n) is 6.74. The number of carbonyl (C=O) groups is 1. The monoisotopic (exact) mass is 490 g/mol. The van der Waals surface area contributed by atoms with Crippen LogP contribution in [-0.4, -0.2) is 90.2 Å². The predicted molar refractivity (Wildman–Crippen MR) is 133 cm³/mol. The zero-order valence-electron chi connectivity index (χ0n) is 21.9. The number of piperidine rings is 1. The molecule has 1 heterocycles. The molecule has 4 rings (SSSR count). The highest BCUT2D eigenvalue weighted by atomic mass is 16.6. The van der Waals surface area contributed by atoms with Gasteiger partial charge in [-0.1, -0.05) is 36.6 Å². The highest BCUT2D eigenvalue weighted by Gasteiger charge is 2.59. The van der Waals surface area contributed by atoms with Crippen molar-refractivity contribution < 1.29 is 33.0 Å². The third-order valence-corrected chi connectivity index (χ3v) is 8.58. The van der Waals surface area contributed by atoms with Gasteiger partial charge in [-0.2, -0.15) is 0 Å². The Bertz CT molecular complexity index is 847. The first-order chi connectivity index (χ1) is 17.0. The Morgan fingerprint density at radius 1 is 1.03 bits per heavy atom. The van der Waals surface area contributed by atoms with Crippen molar-refractivity contribution in [3.63, 3.8) is 0 Å². The van der Waals surface area contributed by atoms with Crippen molar-refractivity contribution in [2.24, 2.45) is 5.92 Å². The van der Waals surface area contributed by atoms with Gasteiger partial charge in [0.1, 0.15) is 6.61 Å². The second-order valence-electron chi connectivity index (χ2n) is 10.8. The largest absolute Gasteiger partial charge is 0.413 e. The normalized spacial score (nSPS) is 29.3. The number of likely N-dealkylation sites (N-methyl/N-ethyl adjacent to an activating group) is 1. The lowest BCUT2D eigenvalue weighted by atomic mass is 9.52. The summed E-state index contributed by atoms with van der Waals surface area (Å²) >= 11 is 0. The Morgan fingerprint density at radius 2 is 1.77 bits per heavy atom. The topological polar surface area (TPSA) is 63.2 Å². The number of quaternary nitrogens is 1. The van der Waals surface area contributed by atoms with Gasteiger partial charge in [-0.15, -0.1) is 0 Å².